The monoisotopic (exact) mass is 161 g/mol. The number of hydrogen-bond donors (Lipinski definition) is 1. The van der Waals surface area contributed by atoms with Crippen molar-refractivity contribution >= 4 is 0 Å². The molecule has 0 unspecified atom stereocenters. The Hall–Kier alpha value is -0.0800. The summed E-state index contributed by atoms with van der Waals surface area (Å²) in [7, 11) is 2.01. The van der Waals surface area contributed by atoms with Crippen LogP contribution >= 0.6 is 0 Å². The molecule has 0 fully saturated rings. The average molecular weight is 161 g/mol. The van der Waals surface area contributed by atoms with E-state index >= 15 is 0 Å². The van der Waals surface area contributed by atoms with Gasteiger partial charge in [0.1, 0.15) is 0 Å². The second-order valence-corrected chi connectivity index (χ2v) is 2.98. The summed E-state index contributed by atoms with van der Waals surface area (Å²) in [4.78, 5) is 2.12. The van der Waals surface area contributed by atoms with Gasteiger partial charge in [0.2, 0.25) is 0 Å². The largest absolute Gasteiger partial charge is 0.394 e. The standard InChI is InChI=1S/C7H17NO.C2H6/c1-5-8(4)7(2,3)6-9;1-2/h9H,5-6H2,1-4H3;1-2H3. The summed E-state index contributed by atoms with van der Waals surface area (Å²) in [6, 6.07) is 0. The quantitative estimate of drug-likeness (QED) is 0.681. The van der Waals surface area contributed by atoms with E-state index in [0.29, 0.717) is 0 Å². The Morgan fingerprint density at radius 1 is 1.27 bits per heavy atom. The molecule has 70 valence electrons. The Kier molecular flexibility index (Phi) is 8.13. The molecule has 1 N–H and O–H groups in total. The Morgan fingerprint density at radius 3 is 1.73 bits per heavy atom. The number of aliphatic hydroxyl groups excluding tert-OH is 1. The first-order valence-electron chi connectivity index (χ1n) is 4.36. The van der Waals surface area contributed by atoms with Crippen LogP contribution in [-0.4, -0.2) is 35.7 Å². The van der Waals surface area contributed by atoms with Crippen molar-refractivity contribution in [1.82, 2.24) is 4.90 Å². The van der Waals surface area contributed by atoms with Gasteiger partial charge in [-0.3, -0.25) is 4.90 Å². The molecule has 0 aliphatic rings. The zero-order valence-electron chi connectivity index (χ0n) is 8.81. The highest BCUT2D eigenvalue weighted by Crippen LogP contribution is 2.08. The number of likely N-dealkylation sites (N-methyl/N-ethyl adjacent to an activating group) is 1. The fourth-order valence-electron chi connectivity index (χ4n) is 0.549. The lowest BCUT2D eigenvalue weighted by atomic mass is 10.1. The number of hydrogen-bond acceptors (Lipinski definition) is 2. The average Bonchev–Trinajstić information content (AvgIpc) is 2.06. The minimum Gasteiger partial charge on any atom is -0.394 e. The molecule has 0 radical (unpaired) electrons. The Balaban J connectivity index is 0. The topological polar surface area (TPSA) is 23.5 Å². The summed E-state index contributed by atoms with van der Waals surface area (Å²) < 4.78 is 0. The van der Waals surface area contributed by atoms with Gasteiger partial charge in [0.25, 0.3) is 0 Å². The zero-order valence-corrected chi connectivity index (χ0v) is 8.81. The van der Waals surface area contributed by atoms with E-state index in [-0.39, 0.29) is 12.1 Å². The molecule has 0 saturated heterocycles. The van der Waals surface area contributed by atoms with Gasteiger partial charge in [-0.25, -0.2) is 0 Å². The van der Waals surface area contributed by atoms with Crippen molar-refractivity contribution in [2.24, 2.45) is 0 Å². The van der Waals surface area contributed by atoms with E-state index in [1.807, 2.05) is 34.7 Å². The van der Waals surface area contributed by atoms with Gasteiger partial charge in [-0.2, -0.15) is 0 Å². The molecule has 0 rings (SSSR count). The van der Waals surface area contributed by atoms with Crippen LogP contribution in [0.5, 0.6) is 0 Å². The predicted molar refractivity (Wildman–Crippen MR) is 50.8 cm³/mol. The first kappa shape index (κ1) is 13.5. The van der Waals surface area contributed by atoms with Crippen LogP contribution in [0.3, 0.4) is 0 Å². The lowest BCUT2D eigenvalue weighted by Crippen LogP contribution is -2.43. The molecule has 11 heavy (non-hydrogen) atoms. The molecule has 2 nitrogen and oxygen atoms in total. The molecular weight excluding hydrogens is 138 g/mol. The van der Waals surface area contributed by atoms with E-state index < -0.39 is 0 Å². The summed E-state index contributed by atoms with van der Waals surface area (Å²) in [5, 5.41) is 8.85. The molecule has 0 bridgehead atoms. The summed E-state index contributed by atoms with van der Waals surface area (Å²) in [6.45, 7) is 11.3. The van der Waals surface area contributed by atoms with Crippen LogP contribution in [0.2, 0.25) is 0 Å². The van der Waals surface area contributed by atoms with Gasteiger partial charge in [-0.1, -0.05) is 20.8 Å². The second-order valence-electron chi connectivity index (χ2n) is 2.98. The van der Waals surface area contributed by atoms with E-state index in [4.69, 9.17) is 5.11 Å². The van der Waals surface area contributed by atoms with Crippen LogP contribution in [0.25, 0.3) is 0 Å². The Morgan fingerprint density at radius 2 is 1.64 bits per heavy atom. The number of nitrogens with zero attached hydrogens (tertiary/aromatic N) is 1. The van der Waals surface area contributed by atoms with Crippen LogP contribution in [0, 0.1) is 0 Å². The highest BCUT2D eigenvalue weighted by atomic mass is 16.3. The van der Waals surface area contributed by atoms with E-state index in [2.05, 4.69) is 11.8 Å². The summed E-state index contributed by atoms with van der Waals surface area (Å²) in [5.41, 5.74) is -0.0608. The van der Waals surface area contributed by atoms with Crippen LogP contribution in [0.4, 0.5) is 0 Å². The van der Waals surface area contributed by atoms with Crippen LogP contribution in [0.15, 0.2) is 0 Å². The summed E-state index contributed by atoms with van der Waals surface area (Å²) in [6.07, 6.45) is 0. The smallest absolute Gasteiger partial charge is 0.0609 e. The van der Waals surface area contributed by atoms with Crippen LogP contribution in [0.1, 0.15) is 34.6 Å². The molecule has 0 aromatic heterocycles. The van der Waals surface area contributed by atoms with Crippen molar-refractivity contribution in [3.63, 3.8) is 0 Å². The van der Waals surface area contributed by atoms with Gasteiger partial charge >= 0.3 is 0 Å². The van der Waals surface area contributed by atoms with Crippen molar-refractivity contribution in [1.29, 1.82) is 0 Å². The Bertz CT molecular complexity index is 81.6. The van der Waals surface area contributed by atoms with Gasteiger partial charge in [0.15, 0.2) is 0 Å². The maximum absolute atomic E-state index is 8.85. The van der Waals surface area contributed by atoms with Gasteiger partial charge in [-0.15, -0.1) is 0 Å². The van der Waals surface area contributed by atoms with Gasteiger partial charge < -0.3 is 5.11 Å². The maximum Gasteiger partial charge on any atom is 0.0609 e. The number of rotatable bonds is 3. The molecule has 0 saturated carbocycles. The first-order valence-corrected chi connectivity index (χ1v) is 4.36. The molecule has 0 amide bonds. The minimum atomic E-state index is -0.0608. The minimum absolute atomic E-state index is 0.0608. The first-order chi connectivity index (χ1) is 5.04. The van der Waals surface area contributed by atoms with E-state index in [0.717, 1.165) is 6.54 Å². The molecule has 2 heteroatoms. The van der Waals surface area contributed by atoms with E-state index in [9.17, 15) is 0 Å². The predicted octanol–water partition coefficient (Wildman–Crippen LogP) is 1.74. The molecule has 0 aliphatic carbocycles. The Labute approximate surface area is 71.2 Å². The van der Waals surface area contributed by atoms with Gasteiger partial charge in [-0.05, 0) is 27.4 Å². The lowest BCUT2D eigenvalue weighted by molar-refractivity contribution is 0.0836. The van der Waals surface area contributed by atoms with Crippen molar-refractivity contribution in [3.05, 3.63) is 0 Å². The fourth-order valence-corrected chi connectivity index (χ4v) is 0.549. The normalized spacial score (nSPS) is 10.9. The third-order valence-electron chi connectivity index (χ3n) is 1.89. The third kappa shape index (κ3) is 5.22. The van der Waals surface area contributed by atoms with Gasteiger partial charge in [0, 0.05) is 5.54 Å². The van der Waals surface area contributed by atoms with E-state index in [1.54, 1.807) is 0 Å². The highest BCUT2D eigenvalue weighted by Gasteiger charge is 2.19. The summed E-state index contributed by atoms with van der Waals surface area (Å²) >= 11 is 0. The molecule has 0 spiro atoms. The highest BCUT2D eigenvalue weighted by molar-refractivity contribution is 4.76. The maximum atomic E-state index is 8.85. The van der Waals surface area contributed by atoms with E-state index in [1.165, 1.54) is 0 Å². The number of aliphatic hydroxyl groups is 1. The zero-order chi connectivity index (χ0) is 9.49. The van der Waals surface area contributed by atoms with Crippen LogP contribution in [-0.2, 0) is 0 Å². The molecule has 0 aromatic rings. The molecule has 0 aliphatic heterocycles. The van der Waals surface area contributed by atoms with Gasteiger partial charge in [0.05, 0.1) is 6.61 Å². The molecule has 0 aromatic carbocycles. The molecular formula is C9H23NO. The van der Waals surface area contributed by atoms with Crippen molar-refractivity contribution < 1.29 is 5.11 Å². The fraction of sp³-hybridized carbons (Fsp3) is 1.00. The SMILES string of the molecule is CC.CCN(C)C(C)(C)CO. The third-order valence-corrected chi connectivity index (χ3v) is 1.89. The van der Waals surface area contributed by atoms with Crippen molar-refractivity contribution in [3.8, 4) is 0 Å². The molecule has 0 heterocycles. The van der Waals surface area contributed by atoms with Crippen molar-refractivity contribution in [2.75, 3.05) is 20.2 Å². The van der Waals surface area contributed by atoms with Crippen molar-refractivity contribution in [2.45, 2.75) is 40.2 Å². The van der Waals surface area contributed by atoms with Crippen LogP contribution < -0.4 is 0 Å². The summed E-state index contributed by atoms with van der Waals surface area (Å²) in [5.74, 6) is 0. The second kappa shape index (κ2) is 6.62. The molecule has 0 atom stereocenters. The lowest BCUT2D eigenvalue weighted by Gasteiger charge is -2.32.